The molecule has 0 saturated heterocycles. The van der Waals surface area contributed by atoms with Crippen molar-refractivity contribution in [3.05, 3.63) is 28.7 Å². The van der Waals surface area contributed by atoms with Gasteiger partial charge in [0.05, 0.1) is 12.1 Å². The van der Waals surface area contributed by atoms with Gasteiger partial charge in [-0.3, -0.25) is 9.59 Å². The Hall–Kier alpha value is -1.82. The van der Waals surface area contributed by atoms with Gasteiger partial charge in [0, 0.05) is 18.0 Å². The van der Waals surface area contributed by atoms with E-state index in [0.717, 1.165) is 19.3 Å². The summed E-state index contributed by atoms with van der Waals surface area (Å²) in [7, 11) is 0. The standard InChI is InChI=1S/C12H17N3O3/c13-9-2-3-11(18)15(6-9)7-10(17)14-12(8-16)4-1-5-12/h2-3,6,16H,1,4-5,7-8,13H2,(H,14,17). The summed E-state index contributed by atoms with van der Waals surface area (Å²) in [5.41, 5.74) is 5.24. The van der Waals surface area contributed by atoms with Crippen LogP contribution in [0, 0.1) is 0 Å². The van der Waals surface area contributed by atoms with E-state index >= 15 is 0 Å². The molecule has 1 fully saturated rings. The highest BCUT2D eigenvalue weighted by Crippen LogP contribution is 2.30. The van der Waals surface area contributed by atoms with Gasteiger partial charge in [0.15, 0.2) is 0 Å². The number of nitrogens with two attached hydrogens (primary N) is 1. The molecular formula is C12H17N3O3. The van der Waals surface area contributed by atoms with E-state index in [1.807, 2.05) is 0 Å². The molecule has 0 radical (unpaired) electrons. The van der Waals surface area contributed by atoms with Gasteiger partial charge < -0.3 is 20.7 Å². The van der Waals surface area contributed by atoms with Gasteiger partial charge in [-0.25, -0.2) is 0 Å². The molecule has 4 N–H and O–H groups in total. The zero-order valence-electron chi connectivity index (χ0n) is 10.1. The molecule has 1 aromatic rings. The molecular weight excluding hydrogens is 234 g/mol. The second-order valence-corrected chi connectivity index (χ2v) is 4.77. The van der Waals surface area contributed by atoms with Crippen molar-refractivity contribution < 1.29 is 9.90 Å². The molecule has 1 amide bonds. The minimum absolute atomic E-state index is 0.0649. The summed E-state index contributed by atoms with van der Waals surface area (Å²) >= 11 is 0. The van der Waals surface area contributed by atoms with Gasteiger partial charge in [0.25, 0.3) is 5.56 Å². The van der Waals surface area contributed by atoms with E-state index < -0.39 is 5.54 Å². The number of pyridine rings is 1. The highest BCUT2D eigenvalue weighted by molar-refractivity contribution is 5.76. The number of hydrogen-bond donors (Lipinski definition) is 3. The molecule has 0 aromatic carbocycles. The average Bonchev–Trinajstić information content (AvgIpc) is 2.28. The van der Waals surface area contributed by atoms with E-state index in [1.165, 1.54) is 22.9 Å². The number of hydrogen-bond acceptors (Lipinski definition) is 4. The van der Waals surface area contributed by atoms with Gasteiger partial charge >= 0.3 is 0 Å². The number of rotatable bonds is 4. The minimum Gasteiger partial charge on any atom is -0.398 e. The van der Waals surface area contributed by atoms with Gasteiger partial charge in [0.2, 0.25) is 5.91 Å². The quantitative estimate of drug-likeness (QED) is 0.669. The molecule has 2 rings (SSSR count). The summed E-state index contributed by atoms with van der Waals surface area (Å²) in [4.78, 5) is 23.3. The van der Waals surface area contributed by atoms with Crippen LogP contribution in [0.4, 0.5) is 5.69 Å². The lowest BCUT2D eigenvalue weighted by Gasteiger charge is -2.40. The maximum Gasteiger partial charge on any atom is 0.251 e. The Morgan fingerprint density at radius 1 is 1.50 bits per heavy atom. The van der Waals surface area contributed by atoms with Crippen LogP contribution in [-0.4, -0.2) is 27.7 Å². The van der Waals surface area contributed by atoms with Crippen LogP contribution < -0.4 is 16.6 Å². The summed E-state index contributed by atoms with van der Waals surface area (Å²) in [6.45, 7) is -0.143. The summed E-state index contributed by atoms with van der Waals surface area (Å²) in [6, 6.07) is 2.83. The van der Waals surface area contributed by atoms with Crippen molar-refractivity contribution in [2.24, 2.45) is 0 Å². The summed E-state index contributed by atoms with van der Waals surface area (Å²) in [5, 5.41) is 12.0. The molecule has 0 unspecified atom stereocenters. The van der Waals surface area contributed by atoms with Crippen molar-refractivity contribution in [3.8, 4) is 0 Å². The third-order valence-corrected chi connectivity index (χ3v) is 3.34. The van der Waals surface area contributed by atoms with Crippen LogP contribution in [0.5, 0.6) is 0 Å². The number of carbonyl (C=O) groups is 1. The molecule has 18 heavy (non-hydrogen) atoms. The van der Waals surface area contributed by atoms with Crippen molar-refractivity contribution in [2.45, 2.75) is 31.3 Å². The number of nitrogens with zero attached hydrogens (tertiary/aromatic N) is 1. The van der Waals surface area contributed by atoms with Crippen molar-refractivity contribution in [1.29, 1.82) is 0 Å². The lowest BCUT2D eigenvalue weighted by Crippen LogP contribution is -2.57. The fourth-order valence-corrected chi connectivity index (χ4v) is 2.09. The van der Waals surface area contributed by atoms with E-state index in [2.05, 4.69) is 5.32 Å². The molecule has 6 nitrogen and oxygen atoms in total. The lowest BCUT2D eigenvalue weighted by molar-refractivity contribution is -0.125. The van der Waals surface area contributed by atoms with Crippen LogP contribution in [0.25, 0.3) is 0 Å². The molecule has 0 bridgehead atoms. The number of nitrogen functional groups attached to an aromatic ring is 1. The Kier molecular flexibility index (Phi) is 3.38. The molecule has 1 aliphatic carbocycles. The highest BCUT2D eigenvalue weighted by Gasteiger charge is 2.37. The molecule has 1 saturated carbocycles. The van der Waals surface area contributed by atoms with Gasteiger partial charge in [-0.05, 0) is 25.3 Å². The first kappa shape index (κ1) is 12.6. The first-order valence-corrected chi connectivity index (χ1v) is 5.92. The Balaban J connectivity index is 2.03. The van der Waals surface area contributed by atoms with E-state index in [4.69, 9.17) is 5.73 Å². The molecule has 0 spiro atoms. The molecule has 98 valence electrons. The number of aliphatic hydroxyl groups is 1. The summed E-state index contributed by atoms with van der Waals surface area (Å²) < 4.78 is 1.26. The largest absolute Gasteiger partial charge is 0.398 e. The fraction of sp³-hybridized carbons (Fsp3) is 0.500. The maximum atomic E-state index is 11.8. The molecule has 1 aromatic heterocycles. The van der Waals surface area contributed by atoms with Crippen LogP contribution in [0.3, 0.4) is 0 Å². The third kappa shape index (κ3) is 2.53. The Morgan fingerprint density at radius 2 is 2.22 bits per heavy atom. The number of nitrogens with one attached hydrogen (secondary N) is 1. The predicted molar refractivity (Wildman–Crippen MR) is 66.9 cm³/mol. The molecule has 6 heteroatoms. The van der Waals surface area contributed by atoms with Crippen LogP contribution >= 0.6 is 0 Å². The molecule has 0 atom stereocenters. The normalized spacial score (nSPS) is 16.9. The van der Waals surface area contributed by atoms with Crippen molar-refractivity contribution in [1.82, 2.24) is 9.88 Å². The predicted octanol–water partition coefficient (Wildman–Crippen LogP) is -0.538. The first-order chi connectivity index (χ1) is 8.54. The van der Waals surface area contributed by atoms with E-state index in [0.29, 0.717) is 5.69 Å². The minimum atomic E-state index is -0.485. The number of carbonyl (C=O) groups excluding carboxylic acids is 1. The molecule has 1 aliphatic rings. The number of aromatic nitrogens is 1. The van der Waals surface area contributed by atoms with E-state index in [-0.39, 0.29) is 24.6 Å². The van der Waals surface area contributed by atoms with Crippen molar-refractivity contribution >= 4 is 11.6 Å². The zero-order chi connectivity index (χ0) is 13.2. The number of aliphatic hydroxyl groups excluding tert-OH is 1. The van der Waals surface area contributed by atoms with E-state index in [9.17, 15) is 14.7 Å². The van der Waals surface area contributed by atoms with Crippen molar-refractivity contribution in [3.63, 3.8) is 0 Å². The zero-order valence-corrected chi connectivity index (χ0v) is 10.1. The summed E-state index contributed by atoms with van der Waals surface area (Å²) in [6.07, 6.45) is 4.00. The second kappa shape index (κ2) is 4.81. The van der Waals surface area contributed by atoms with Crippen LogP contribution in [-0.2, 0) is 11.3 Å². The number of anilines is 1. The molecule has 1 heterocycles. The average molecular weight is 251 g/mol. The SMILES string of the molecule is Nc1ccc(=O)n(CC(=O)NC2(CO)CCC2)c1. The van der Waals surface area contributed by atoms with Gasteiger partial charge in [-0.2, -0.15) is 0 Å². The van der Waals surface area contributed by atoms with E-state index in [1.54, 1.807) is 0 Å². The smallest absolute Gasteiger partial charge is 0.251 e. The third-order valence-electron chi connectivity index (χ3n) is 3.34. The summed E-state index contributed by atoms with van der Waals surface area (Å²) in [5.74, 6) is -0.281. The van der Waals surface area contributed by atoms with Gasteiger partial charge in [-0.15, -0.1) is 0 Å². The maximum absolute atomic E-state index is 11.8. The topological polar surface area (TPSA) is 97.4 Å². The Labute approximate surface area is 104 Å². The molecule has 0 aliphatic heterocycles. The second-order valence-electron chi connectivity index (χ2n) is 4.77. The van der Waals surface area contributed by atoms with Gasteiger partial charge in [-0.1, -0.05) is 0 Å². The van der Waals surface area contributed by atoms with Crippen LogP contribution in [0.1, 0.15) is 19.3 Å². The lowest BCUT2D eigenvalue weighted by atomic mass is 9.77. The van der Waals surface area contributed by atoms with Gasteiger partial charge in [0.1, 0.15) is 6.54 Å². The Bertz CT molecular complexity index is 500. The Morgan fingerprint density at radius 3 is 2.78 bits per heavy atom. The fourth-order valence-electron chi connectivity index (χ4n) is 2.09. The highest BCUT2D eigenvalue weighted by atomic mass is 16.3. The monoisotopic (exact) mass is 251 g/mol. The van der Waals surface area contributed by atoms with Crippen molar-refractivity contribution in [2.75, 3.05) is 12.3 Å². The first-order valence-electron chi connectivity index (χ1n) is 5.92. The van der Waals surface area contributed by atoms with Crippen LogP contribution in [0.15, 0.2) is 23.1 Å². The van der Waals surface area contributed by atoms with Crippen LogP contribution in [0.2, 0.25) is 0 Å². The number of amides is 1.